The number of thioether (sulfide) groups is 1. The van der Waals surface area contributed by atoms with E-state index in [1.54, 1.807) is 11.8 Å². The van der Waals surface area contributed by atoms with Gasteiger partial charge in [-0.15, -0.1) is 18.3 Å². The molecule has 0 amide bonds. The first kappa shape index (κ1) is 9.20. The molecule has 0 aliphatic rings. The van der Waals surface area contributed by atoms with Crippen LogP contribution < -0.4 is 5.32 Å². The summed E-state index contributed by atoms with van der Waals surface area (Å²) in [6.45, 7) is 4.46. The maximum Gasteiger partial charge on any atom is 0.0343 e. The van der Waals surface area contributed by atoms with E-state index in [2.05, 4.69) is 42.4 Å². The van der Waals surface area contributed by atoms with Crippen molar-refractivity contribution in [1.82, 2.24) is 0 Å². The Morgan fingerprint density at radius 3 is 2.58 bits per heavy atom. The van der Waals surface area contributed by atoms with Crippen molar-refractivity contribution < 1.29 is 0 Å². The van der Waals surface area contributed by atoms with Gasteiger partial charge >= 0.3 is 0 Å². The van der Waals surface area contributed by atoms with Crippen molar-refractivity contribution in [3.05, 3.63) is 36.9 Å². The fourth-order valence-electron chi connectivity index (χ4n) is 0.899. The predicted octanol–water partition coefficient (Wildman–Crippen LogP) is 3.01. The second-order valence-corrected chi connectivity index (χ2v) is 3.28. The van der Waals surface area contributed by atoms with Crippen LogP contribution in [0, 0.1) is 0 Å². The molecular weight excluding hydrogens is 166 g/mol. The van der Waals surface area contributed by atoms with Gasteiger partial charge in [-0.3, -0.25) is 0 Å². The highest BCUT2D eigenvalue weighted by Gasteiger charge is 1.90. The molecule has 0 spiro atoms. The van der Waals surface area contributed by atoms with Gasteiger partial charge in [-0.1, -0.05) is 6.08 Å². The van der Waals surface area contributed by atoms with Crippen LogP contribution in [0.25, 0.3) is 0 Å². The van der Waals surface area contributed by atoms with E-state index in [0.29, 0.717) is 0 Å². The largest absolute Gasteiger partial charge is 0.382 e. The third-order valence-electron chi connectivity index (χ3n) is 1.54. The van der Waals surface area contributed by atoms with Crippen LogP contribution in [0.3, 0.4) is 0 Å². The van der Waals surface area contributed by atoms with Crippen LogP contribution in [0.15, 0.2) is 41.8 Å². The second-order valence-electron chi connectivity index (χ2n) is 2.40. The van der Waals surface area contributed by atoms with Crippen LogP contribution in [0.5, 0.6) is 0 Å². The van der Waals surface area contributed by atoms with E-state index in [4.69, 9.17) is 0 Å². The lowest BCUT2D eigenvalue weighted by Crippen LogP contribution is -1.96. The number of rotatable bonds is 4. The molecule has 0 aliphatic heterocycles. The van der Waals surface area contributed by atoms with Crippen LogP contribution in [-0.2, 0) is 0 Å². The topological polar surface area (TPSA) is 12.0 Å². The minimum absolute atomic E-state index is 0.818. The van der Waals surface area contributed by atoms with E-state index in [9.17, 15) is 0 Å². The van der Waals surface area contributed by atoms with E-state index in [1.807, 2.05) is 6.08 Å². The fourth-order valence-corrected chi connectivity index (χ4v) is 1.31. The van der Waals surface area contributed by atoms with Crippen molar-refractivity contribution in [2.45, 2.75) is 4.90 Å². The molecule has 0 unspecified atom stereocenters. The molecule has 1 N–H and O–H groups in total. The van der Waals surface area contributed by atoms with Crippen molar-refractivity contribution in [2.75, 3.05) is 18.1 Å². The molecule has 0 saturated heterocycles. The summed E-state index contributed by atoms with van der Waals surface area (Å²) in [5.41, 5.74) is 1.15. The maximum absolute atomic E-state index is 3.64. The molecule has 12 heavy (non-hydrogen) atoms. The lowest BCUT2D eigenvalue weighted by atomic mass is 10.3. The van der Waals surface area contributed by atoms with E-state index in [-0.39, 0.29) is 0 Å². The maximum atomic E-state index is 3.64. The molecule has 0 radical (unpaired) electrons. The molecule has 0 aromatic heterocycles. The smallest absolute Gasteiger partial charge is 0.0343 e. The van der Waals surface area contributed by atoms with Gasteiger partial charge in [-0.2, -0.15) is 0 Å². The van der Waals surface area contributed by atoms with Gasteiger partial charge in [-0.05, 0) is 30.5 Å². The number of anilines is 1. The molecule has 0 bridgehead atoms. The van der Waals surface area contributed by atoms with Crippen LogP contribution >= 0.6 is 11.8 Å². The molecule has 1 nitrogen and oxygen atoms in total. The summed E-state index contributed by atoms with van der Waals surface area (Å²) in [4.78, 5) is 1.29. The van der Waals surface area contributed by atoms with E-state index in [0.717, 1.165) is 12.2 Å². The predicted molar refractivity (Wildman–Crippen MR) is 56.9 cm³/mol. The molecule has 0 heterocycles. The Kier molecular flexibility index (Phi) is 3.74. The monoisotopic (exact) mass is 179 g/mol. The SMILES string of the molecule is C=CCNc1ccc(SC)cc1. The highest BCUT2D eigenvalue weighted by atomic mass is 32.2. The summed E-state index contributed by atoms with van der Waals surface area (Å²) in [5, 5.41) is 3.22. The highest BCUT2D eigenvalue weighted by molar-refractivity contribution is 7.98. The van der Waals surface area contributed by atoms with Crippen molar-refractivity contribution in [1.29, 1.82) is 0 Å². The number of nitrogens with one attached hydrogen (secondary N) is 1. The lowest BCUT2D eigenvalue weighted by Gasteiger charge is -2.03. The molecule has 0 fully saturated rings. The minimum Gasteiger partial charge on any atom is -0.382 e. The first-order valence-corrected chi connectivity index (χ1v) is 5.08. The van der Waals surface area contributed by atoms with Crippen LogP contribution in [0.1, 0.15) is 0 Å². The molecule has 0 saturated carbocycles. The Hall–Kier alpha value is -0.890. The Morgan fingerprint density at radius 2 is 2.08 bits per heavy atom. The zero-order chi connectivity index (χ0) is 8.81. The summed E-state index contributed by atoms with van der Waals surface area (Å²) < 4.78 is 0. The van der Waals surface area contributed by atoms with Crippen LogP contribution in [0.2, 0.25) is 0 Å². The van der Waals surface area contributed by atoms with Crippen LogP contribution in [-0.4, -0.2) is 12.8 Å². The standard InChI is InChI=1S/C10H13NS/c1-3-8-11-9-4-6-10(12-2)7-5-9/h3-7,11H,1,8H2,2H3. The molecule has 1 aromatic carbocycles. The molecule has 0 aliphatic carbocycles. The Labute approximate surface area is 77.9 Å². The van der Waals surface area contributed by atoms with E-state index < -0.39 is 0 Å². The Balaban J connectivity index is 2.58. The van der Waals surface area contributed by atoms with Gasteiger partial charge in [0, 0.05) is 17.1 Å². The van der Waals surface area contributed by atoms with Gasteiger partial charge in [0.05, 0.1) is 0 Å². The third-order valence-corrected chi connectivity index (χ3v) is 2.28. The summed E-state index contributed by atoms with van der Waals surface area (Å²) in [6.07, 6.45) is 3.93. The Bertz CT molecular complexity index is 241. The number of hydrogen-bond donors (Lipinski definition) is 1. The van der Waals surface area contributed by atoms with Crippen molar-refractivity contribution in [3.8, 4) is 0 Å². The summed E-state index contributed by atoms with van der Waals surface area (Å²) in [7, 11) is 0. The van der Waals surface area contributed by atoms with Crippen LogP contribution in [0.4, 0.5) is 5.69 Å². The summed E-state index contributed by atoms with van der Waals surface area (Å²) in [6, 6.07) is 8.37. The normalized spacial score (nSPS) is 9.42. The average Bonchev–Trinajstić information content (AvgIpc) is 2.15. The number of hydrogen-bond acceptors (Lipinski definition) is 2. The third kappa shape index (κ3) is 2.62. The number of benzene rings is 1. The van der Waals surface area contributed by atoms with Gasteiger partial charge in [0.2, 0.25) is 0 Å². The van der Waals surface area contributed by atoms with Crippen molar-refractivity contribution >= 4 is 17.4 Å². The van der Waals surface area contributed by atoms with Gasteiger partial charge in [-0.25, -0.2) is 0 Å². The zero-order valence-corrected chi connectivity index (χ0v) is 8.03. The zero-order valence-electron chi connectivity index (χ0n) is 7.21. The molecule has 1 rings (SSSR count). The summed E-state index contributed by atoms with van der Waals surface area (Å²) >= 11 is 1.75. The van der Waals surface area contributed by atoms with Gasteiger partial charge in [0.25, 0.3) is 0 Å². The first-order valence-electron chi connectivity index (χ1n) is 3.85. The molecule has 0 atom stereocenters. The first-order chi connectivity index (χ1) is 5.86. The van der Waals surface area contributed by atoms with Gasteiger partial charge < -0.3 is 5.32 Å². The summed E-state index contributed by atoms with van der Waals surface area (Å²) in [5.74, 6) is 0. The molecule has 1 aromatic rings. The quantitative estimate of drug-likeness (QED) is 0.563. The second kappa shape index (κ2) is 4.88. The lowest BCUT2D eigenvalue weighted by molar-refractivity contribution is 1.32. The minimum atomic E-state index is 0.818. The Morgan fingerprint density at radius 1 is 1.42 bits per heavy atom. The van der Waals surface area contributed by atoms with Crippen molar-refractivity contribution in [2.24, 2.45) is 0 Å². The van der Waals surface area contributed by atoms with Crippen molar-refractivity contribution in [3.63, 3.8) is 0 Å². The fraction of sp³-hybridized carbons (Fsp3) is 0.200. The van der Waals surface area contributed by atoms with E-state index >= 15 is 0 Å². The van der Waals surface area contributed by atoms with Gasteiger partial charge in [0.1, 0.15) is 0 Å². The highest BCUT2D eigenvalue weighted by Crippen LogP contribution is 2.16. The molecule has 64 valence electrons. The molecule has 2 heteroatoms. The van der Waals surface area contributed by atoms with E-state index in [1.165, 1.54) is 4.90 Å². The molecular formula is C10H13NS. The van der Waals surface area contributed by atoms with Gasteiger partial charge in [0.15, 0.2) is 0 Å². The average molecular weight is 179 g/mol.